The van der Waals surface area contributed by atoms with Crippen molar-refractivity contribution in [3.63, 3.8) is 0 Å². The number of aromatic nitrogens is 2. The van der Waals surface area contributed by atoms with Crippen molar-refractivity contribution in [3.05, 3.63) is 60.1 Å². The summed E-state index contributed by atoms with van der Waals surface area (Å²) in [7, 11) is 3.21. The van der Waals surface area contributed by atoms with E-state index in [1.165, 1.54) is 5.57 Å². The second-order valence-corrected chi connectivity index (χ2v) is 9.95. The zero-order chi connectivity index (χ0) is 26.8. The molecule has 5 unspecified atom stereocenters. The lowest BCUT2D eigenvalue weighted by Crippen LogP contribution is -2.45. The van der Waals surface area contributed by atoms with Crippen molar-refractivity contribution >= 4 is 0 Å². The second-order valence-electron chi connectivity index (χ2n) is 9.95. The summed E-state index contributed by atoms with van der Waals surface area (Å²) in [6.07, 6.45) is 16.9. The SMILES string of the molecule is CC=CC(C)C=C(C)CC=CCCc1nc(-c2nc(C(CC3CC(O)CC(C)(OC)O3)OC)co2)co1. The van der Waals surface area contributed by atoms with Gasteiger partial charge in [0.25, 0.3) is 0 Å². The van der Waals surface area contributed by atoms with Gasteiger partial charge in [0.15, 0.2) is 17.4 Å². The molecule has 1 saturated heterocycles. The number of aryl methyl sites for hydroxylation is 1. The normalized spacial score (nSPS) is 24.8. The first kappa shape index (κ1) is 29.0. The summed E-state index contributed by atoms with van der Waals surface area (Å²) < 4.78 is 28.5. The maximum atomic E-state index is 10.3. The number of allylic oxidation sites excluding steroid dienone is 6. The fraction of sp³-hybridized carbons (Fsp3) is 0.586. The molecule has 2 aromatic rings. The molecule has 37 heavy (non-hydrogen) atoms. The van der Waals surface area contributed by atoms with Crippen LogP contribution in [0.4, 0.5) is 0 Å². The predicted molar refractivity (Wildman–Crippen MR) is 142 cm³/mol. The summed E-state index contributed by atoms with van der Waals surface area (Å²) in [5.41, 5.74) is 2.54. The van der Waals surface area contributed by atoms with Gasteiger partial charge in [-0.3, -0.25) is 0 Å². The third kappa shape index (κ3) is 8.78. The molecule has 204 valence electrons. The molecule has 0 saturated carbocycles. The van der Waals surface area contributed by atoms with E-state index in [1.54, 1.807) is 26.7 Å². The first-order valence-corrected chi connectivity index (χ1v) is 13.0. The van der Waals surface area contributed by atoms with Gasteiger partial charge in [0.1, 0.15) is 24.3 Å². The Morgan fingerprint density at radius 2 is 2.05 bits per heavy atom. The topological polar surface area (TPSA) is 100.0 Å². The van der Waals surface area contributed by atoms with Crippen molar-refractivity contribution in [3.8, 4) is 11.6 Å². The third-order valence-electron chi connectivity index (χ3n) is 6.55. The van der Waals surface area contributed by atoms with Gasteiger partial charge < -0.3 is 28.2 Å². The maximum Gasteiger partial charge on any atom is 0.248 e. The molecule has 0 aliphatic carbocycles. The van der Waals surface area contributed by atoms with Crippen LogP contribution < -0.4 is 0 Å². The van der Waals surface area contributed by atoms with E-state index in [2.05, 4.69) is 54.2 Å². The Hall–Kier alpha value is -2.52. The minimum atomic E-state index is -0.817. The maximum absolute atomic E-state index is 10.3. The van der Waals surface area contributed by atoms with Crippen LogP contribution in [0.15, 0.2) is 57.3 Å². The molecule has 1 fully saturated rings. The number of hydrogen-bond acceptors (Lipinski definition) is 8. The van der Waals surface area contributed by atoms with Crippen LogP contribution in [-0.4, -0.2) is 47.3 Å². The first-order chi connectivity index (χ1) is 17.7. The Morgan fingerprint density at radius 1 is 1.24 bits per heavy atom. The van der Waals surface area contributed by atoms with E-state index < -0.39 is 11.9 Å². The number of methoxy groups -OCH3 is 2. The Balaban J connectivity index is 1.53. The van der Waals surface area contributed by atoms with Crippen LogP contribution in [0.3, 0.4) is 0 Å². The molecule has 3 heterocycles. The van der Waals surface area contributed by atoms with E-state index in [0.29, 0.717) is 54.8 Å². The zero-order valence-electron chi connectivity index (χ0n) is 23.0. The molecular weight excluding hydrogens is 472 g/mol. The molecular formula is C29H42N2O6. The van der Waals surface area contributed by atoms with E-state index in [9.17, 15) is 5.11 Å². The molecule has 2 aromatic heterocycles. The lowest BCUT2D eigenvalue weighted by atomic mass is 9.95. The summed E-state index contributed by atoms with van der Waals surface area (Å²) in [4.78, 5) is 9.12. The van der Waals surface area contributed by atoms with Crippen LogP contribution in [0.2, 0.25) is 0 Å². The highest BCUT2D eigenvalue weighted by Crippen LogP contribution is 2.35. The van der Waals surface area contributed by atoms with E-state index >= 15 is 0 Å². The summed E-state index contributed by atoms with van der Waals surface area (Å²) in [6, 6.07) is 0. The minimum absolute atomic E-state index is 0.235. The highest BCUT2D eigenvalue weighted by molar-refractivity contribution is 5.44. The first-order valence-electron chi connectivity index (χ1n) is 13.0. The summed E-state index contributed by atoms with van der Waals surface area (Å²) >= 11 is 0. The van der Waals surface area contributed by atoms with Crippen molar-refractivity contribution < 1.29 is 28.2 Å². The predicted octanol–water partition coefficient (Wildman–Crippen LogP) is 6.35. The molecule has 5 atom stereocenters. The van der Waals surface area contributed by atoms with Gasteiger partial charge in [-0.2, -0.15) is 0 Å². The standard InChI is InChI=1S/C29H42N2O6/c1-7-11-20(2)14-21(3)12-9-8-10-13-27-30-25(19-35-27)28-31-24(18-36-28)26(33-5)16-23-15-22(32)17-29(4,34-6)37-23/h7-9,11,14,18-20,22-23,26,32H,10,12-13,15-17H2,1-6H3. The number of nitrogens with zero attached hydrogens (tertiary/aromatic N) is 2. The van der Waals surface area contributed by atoms with Crippen molar-refractivity contribution in [2.24, 2.45) is 5.92 Å². The summed E-state index contributed by atoms with van der Waals surface area (Å²) in [5, 5.41) is 10.3. The number of hydrogen-bond donors (Lipinski definition) is 1. The molecule has 8 nitrogen and oxygen atoms in total. The molecule has 0 amide bonds. The van der Waals surface area contributed by atoms with E-state index in [4.69, 9.17) is 23.0 Å². The van der Waals surface area contributed by atoms with E-state index in [0.717, 1.165) is 12.8 Å². The minimum Gasteiger partial charge on any atom is -0.448 e. The second kappa shape index (κ2) is 13.9. The molecule has 8 heteroatoms. The molecule has 0 bridgehead atoms. The fourth-order valence-electron chi connectivity index (χ4n) is 4.66. The van der Waals surface area contributed by atoms with Crippen LogP contribution in [0, 0.1) is 5.92 Å². The van der Waals surface area contributed by atoms with Gasteiger partial charge in [-0.05, 0) is 46.0 Å². The Morgan fingerprint density at radius 3 is 2.78 bits per heavy atom. The van der Waals surface area contributed by atoms with Gasteiger partial charge in [0.2, 0.25) is 5.89 Å². The zero-order valence-corrected chi connectivity index (χ0v) is 23.0. The van der Waals surface area contributed by atoms with Crippen LogP contribution in [0.5, 0.6) is 0 Å². The van der Waals surface area contributed by atoms with E-state index in [1.807, 2.05) is 13.8 Å². The van der Waals surface area contributed by atoms with Crippen molar-refractivity contribution in [1.29, 1.82) is 0 Å². The smallest absolute Gasteiger partial charge is 0.248 e. The summed E-state index contributed by atoms with van der Waals surface area (Å²) in [6.45, 7) is 8.23. The number of rotatable bonds is 13. The lowest BCUT2D eigenvalue weighted by Gasteiger charge is -2.40. The van der Waals surface area contributed by atoms with Gasteiger partial charge in [-0.1, -0.05) is 42.9 Å². The van der Waals surface area contributed by atoms with Crippen LogP contribution in [0.1, 0.15) is 77.5 Å². The molecule has 0 spiro atoms. The lowest BCUT2D eigenvalue weighted by molar-refractivity contribution is -0.278. The summed E-state index contributed by atoms with van der Waals surface area (Å²) in [5.74, 6) is 0.659. The quantitative estimate of drug-likeness (QED) is 0.309. The van der Waals surface area contributed by atoms with E-state index in [-0.39, 0.29) is 12.2 Å². The number of ether oxygens (including phenoxy) is 3. The molecule has 1 aliphatic heterocycles. The van der Waals surface area contributed by atoms with Crippen molar-refractivity contribution in [1.82, 2.24) is 9.97 Å². The Labute approximate surface area is 220 Å². The Kier molecular flexibility index (Phi) is 10.9. The van der Waals surface area contributed by atoms with Gasteiger partial charge in [0.05, 0.1) is 12.2 Å². The van der Waals surface area contributed by atoms with Gasteiger partial charge in [-0.25, -0.2) is 9.97 Å². The third-order valence-corrected chi connectivity index (χ3v) is 6.55. The number of aliphatic hydroxyl groups is 1. The average Bonchev–Trinajstić information content (AvgIpc) is 3.52. The molecule has 1 aliphatic rings. The highest BCUT2D eigenvalue weighted by Gasteiger charge is 2.39. The van der Waals surface area contributed by atoms with Crippen LogP contribution in [-0.2, 0) is 20.6 Å². The molecule has 3 rings (SSSR count). The fourth-order valence-corrected chi connectivity index (χ4v) is 4.66. The molecule has 0 aromatic carbocycles. The molecule has 1 N–H and O–H groups in total. The monoisotopic (exact) mass is 514 g/mol. The van der Waals surface area contributed by atoms with Crippen LogP contribution in [0.25, 0.3) is 11.6 Å². The van der Waals surface area contributed by atoms with Crippen molar-refractivity contribution in [2.45, 2.75) is 90.3 Å². The number of aliphatic hydroxyl groups excluding tert-OH is 1. The molecule has 0 radical (unpaired) electrons. The van der Waals surface area contributed by atoms with Gasteiger partial charge in [0, 0.05) is 33.5 Å². The van der Waals surface area contributed by atoms with Gasteiger partial charge >= 0.3 is 0 Å². The Bertz CT molecular complexity index is 1050. The average molecular weight is 515 g/mol. The highest BCUT2D eigenvalue weighted by atomic mass is 16.7. The van der Waals surface area contributed by atoms with Gasteiger partial charge in [-0.15, -0.1) is 0 Å². The largest absolute Gasteiger partial charge is 0.448 e. The number of oxazole rings is 2. The van der Waals surface area contributed by atoms with Crippen LogP contribution >= 0.6 is 0 Å². The van der Waals surface area contributed by atoms with Crippen molar-refractivity contribution in [2.75, 3.05) is 14.2 Å².